The van der Waals surface area contributed by atoms with E-state index in [4.69, 9.17) is 4.74 Å². The van der Waals surface area contributed by atoms with Gasteiger partial charge in [0.05, 0.1) is 11.3 Å². The summed E-state index contributed by atoms with van der Waals surface area (Å²) in [6, 6.07) is 17.8. The van der Waals surface area contributed by atoms with Crippen LogP contribution in [-0.2, 0) is 21.2 Å². The molecule has 2 aliphatic rings. The minimum atomic E-state index is -3.50. The smallest absolute Gasteiger partial charge is 0.410 e. The first-order chi connectivity index (χ1) is 15.9. The molecular formula is C27H36N2O4S. The van der Waals surface area contributed by atoms with Crippen molar-refractivity contribution >= 4 is 16.1 Å². The minimum absolute atomic E-state index is 0.222. The van der Waals surface area contributed by atoms with Crippen molar-refractivity contribution in [3.05, 3.63) is 60.2 Å². The number of nitrogens with zero attached hydrogens (tertiary/aromatic N) is 1. The lowest BCUT2D eigenvalue weighted by atomic mass is 9.92. The van der Waals surface area contributed by atoms with Crippen LogP contribution in [0.15, 0.2) is 54.6 Å². The minimum Gasteiger partial charge on any atom is -0.444 e. The van der Waals surface area contributed by atoms with Crippen LogP contribution in [-0.4, -0.2) is 48.9 Å². The third-order valence-corrected chi connectivity index (χ3v) is 8.66. The molecule has 34 heavy (non-hydrogen) atoms. The van der Waals surface area contributed by atoms with Gasteiger partial charge in [-0.1, -0.05) is 54.6 Å². The lowest BCUT2D eigenvalue weighted by molar-refractivity contribution is 0.0214. The number of carbonyl (C=O) groups excluding carboxylic acids is 1. The molecule has 2 atom stereocenters. The number of carbonyl (C=O) groups is 1. The molecule has 1 N–H and O–H groups in total. The van der Waals surface area contributed by atoms with Gasteiger partial charge in [0.25, 0.3) is 0 Å². The Labute approximate surface area is 203 Å². The van der Waals surface area contributed by atoms with Gasteiger partial charge in [-0.25, -0.2) is 17.9 Å². The highest BCUT2D eigenvalue weighted by Crippen LogP contribution is 2.55. The average molecular weight is 485 g/mol. The SMILES string of the molecule is CC(C)S(=O)(=O)NC1C(Cc2cccc(-c3ccccc3)c2)N(C(=O)OC(C)(C)C)CC12CC2. The Kier molecular flexibility index (Phi) is 6.55. The number of ether oxygens (including phenoxy) is 1. The van der Waals surface area contributed by atoms with Crippen molar-refractivity contribution < 1.29 is 17.9 Å². The molecule has 0 aromatic heterocycles. The summed E-state index contributed by atoms with van der Waals surface area (Å²) >= 11 is 0. The van der Waals surface area contributed by atoms with Crippen molar-refractivity contribution in [1.82, 2.24) is 9.62 Å². The van der Waals surface area contributed by atoms with Crippen LogP contribution < -0.4 is 4.72 Å². The summed E-state index contributed by atoms with van der Waals surface area (Å²) in [6.45, 7) is 9.43. The molecule has 2 fully saturated rings. The van der Waals surface area contributed by atoms with E-state index in [0.717, 1.165) is 29.5 Å². The molecule has 1 amide bonds. The summed E-state index contributed by atoms with van der Waals surface area (Å²) < 4.78 is 34.5. The molecule has 0 radical (unpaired) electrons. The topological polar surface area (TPSA) is 75.7 Å². The van der Waals surface area contributed by atoms with E-state index < -0.39 is 20.9 Å². The van der Waals surface area contributed by atoms with Crippen LogP contribution in [0.5, 0.6) is 0 Å². The first kappa shape index (κ1) is 24.7. The molecule has 2 aromatic rings. The maximum atomic E-state index is 13.2. The van der Waals surface area contributed by atoms with E-state index >= 15 is 0 Å². The molecular weight excluding hydrogens is 448 g/mol. The predicted molar refractivity (Wildman–Crippen MR) is 135 cm³/mol. The van der Waals surface area contributed by atoms with Crippen molar-refractivity contribution in [2.24, 2.45) is 5.41 Å². The van der Waals surface area contributed by atoms with Crippen LogP contribution >= 0.6 is 0 Å². The second-order valence-corrected chi connectivity index (χ2v) is 13.3. The Morgan fingerprint density at radius 3 is 2.32 bits per heavy atom. The van der Waals surface area contributed by atoms with Gasteiger partial charge in [0.1, 0.15) is 5.60 Å². The van der Waals surface area contributed by atoms with E-state index in [1.165, 1.54) is 0 Å². The van der Waals surface area contributed by atoms with E-state index in [9.17, 15) is 13.2 Å². The molecule has 7 heteroatoms. The van der Waals surface area contributed by atoms with Crippen molar-refractivity contribution in [3.8, 4) is 11.1 Å². The van der Waals surface area contributed by atoms with Gasteiger partial charge in [0.15, 0.2) is 0 Å². The Morgan fingerprint density at radius 1 is 1.09 bits per heavy atom. The molecule has 1 aliphatic carbocycles. The van der Waals surface area contributed by atoms with E-state index in [-0.39, 0.29) is 23.6 Å². The van der Waals surface area contributed by atoms with E-state index in [1.807, 2.05) is 51.1 Å². The summed E-state index contributed by atoms with van der Waals surface area (Å²) in [5.74, 6) is 0. The third kappa shape index (κ3) is 5.31. The van der Waals surface area contributed by atoms with Gasteiger partial charge in [0, 0.05) is 18.0 Å². The number of amides is 1. The highest BCUT2D eigenvalue weighted by atomic mass is 32.2. The molecule has 2 aromatic carbocycles. The molecule has 1 saturated heterocycles. The van der Waals surface area contributed by atoms with Crippen LogP contribution in [0, 0.1) is 5.41 Å². The number of rotatable bonds is 6. The van der Waals surface area contributed by atoms with Gasteiger partial charge in [-0.15, -0.1) is 0 Å². The molecule has 1 saturated carbocycles. The van der Waals surface area contributed by atoms with E-state index in [2.05, 4.69) is 29.0 Å². The van der Waals surface area contributed by atoms with Gasteiger partial charge in [-0.2, -0.15) is 0 Å². The zero-order valence-corrected chi connectivity index (χ0v) is 21.6. The number of hydrogen-bond donors (Lipinski definition) is 1. The molecule has 2 unspecified atom stereocenters. The van der Waals surface area contributed by atoms with Crippen LogP contribution in [0.4, 0.5) is 4.79 Å². The summed E-state index contributed by atoms with van der Waals surface area (Å²) in [5, 5.41) is -0.541. The Hall–Kier alpha value is -2.38. The number of likely N-dealkylation sites (tertiary alicyclic amines) is 1. The monoisotopic (exact) mass is 484 g/mol. The second-order valence-electron chi connectivity index (χ2n) is 11.0. The van der Waals surface area contributed by atoms with Gasteiger partial charge >= 0.3 is 6.09 Å². The molecule has 4 rings (SSSR count). The second kappa shape index (κ2) is 9.00. The third-order valence-electron chi connectivity index (χ3n) is 6.84. The highest BCUT2D eigenvalue weighted by molar-refractivity contribution is 7.90. The quantitative estimate of drug-likeness (QED) is 0.627. The Bertz CT molecular complexity index is 1130. The van der Waals surface area contributed by atoms with Gasteiger partial charge in [0.2, 0.25) is 10.0 Å². The molecule has 0 bridgehead atoms. The largest absolute Gasteiger partial charge is 0.444 e. The van der Waals surface area contributed by atoms with E-state index in [1.54, 1.807) is 18.7 Å². The lowest BCUT2D eigenvalue weighted by Gasteiger charge is -2.31. The predicted octanol–water partition coefficient (Wildman–Crippen LogP) is 4.99. The molecule has 1 spiro atoms. The summed E-state index contributed by atoms with van der Waals surface area (Å²) in [5.41, 5.74) is 2.43. The van der Waals surface area contributed by atoms with Gasteiger partial charge < -0.3 is 9.64 Å². The number of benzene rings is 2. The van der Waals surface area contributed by atoms with Crippen molar-refractivity contribution in [1.29, 1.82) is 0 Å². The fourth-order valence-electron chi connectivity index (χ4n) is 4.79. The molecule has 184 valence electrons. The van der Waals surface area contributed by atoms with Crippen molar-refractivity contribution in [3.63, 3.8) is 0 Å². The van der Waals surface area contributed by atoms with Crippen LogP contribution in [0.3, 0.4) is 0 Å². The maximum Gasteiger partial charge on any atom is 0.410 e. The van der Waals surface area contributed by atoms with Gasteiger partial charge in [-0.3, -0.25) is 0 Å². The van der Waals surface area contributed by atoms with Crippen LogP contribution in [0.2, 0.25) is 0 Å². The van der Waals surface area contributed by atoms with Crippen molar-refractivity contribution in [2.75, 3.05) is 6.54 Å². The standard InChI is InChI=1S/C27H36N2O4S/c1-19(2)34(31,32)28-24-23(29(18-27(24)14-15-27)25(30)33-26(3,4)5)17-20-10-9-13-22(16-20)21-11-7-6-8-12-21/h6-13,16,19,23-24,28H,14-15,17-18H2,1-5H3. The number of hydrogen-bond acceptors (Lipinski definition) is 4. The van der Waals surface area contributed by atoms with Gasteiger partial charge in [-0.05, 0) is 70.6 Å². The normalized spacial score (nSPS) is 21.8. The fourth-order valence-corrected chi connectivity index (χ4v) is 5.82. The first-order valence-electron chi connectivity index (χ1n) is 12.1. The number of sulfonamides is 1. The van der Waals surface area contributed by atoms with Crippen molar-refractivity contribution in [2.45, 2.75) is 76.8 Å². The zero-order chi connectivity index (χ0) is 24.7. The number of nitrogens with one attached hydrogen (secondary N) is 1. The average Bonchev–Trinajstić information content (AvgIpc) is 3.49. The highest BCUT2D eigenvalue weighted by Gasteiger charge is 2.62. The maximum absolute atomic E-state index is 13.2. The lowest BCUT2D eigenvalue weighted by Crippen LogP contribution is -2.51. The molecule has 6 nitrogen and oxygen atoms in total. The van der Waals surface area contributed by atoms with Crippen LogP contribution in [0.25, 0.3) is 11.1 Å². The summed E-state index contributed by atoms with van der Waals surface area (Å²) in [6.07, 6.45) is 1.97. The van der Waals surface area contributed by atoms with E-state index in [0.29, 0.717) is 13.0 Å². The Morgan fingerprint density at radius 2 is 1.74 bits per heavy atom. The summed E-state index contributed by atoms with van der Waals surface area (Å²) in [7, 11) is -3.50. The van der Waals surface area contributed by atoms with Crippen LogP contribution in [0.1, 0.15) is 53.0 Å². The fraction of sp³-hybridized carbons (Fsp3) is 0.519. The molecule has 1 heterocycles. The molecule has 1 aliphatic heterocycles. The Balaban J connectivity index is 1.68. The summed E-state index contributed by atoms with van der Waals surface area (Å²) in [4.78, 5) is 15.0. The zero-order valence-electron chi connectivity index (χ0n) is 20.7. The first-order valence-corrected chi connectivity index (χ1v) is 13.6.